The van der Waals surface area contributed by atoms with Crippen LogP contribution in [0, 0.1) is 11.3 Å². The summed E-state index contributed by atoms with van der Waals surface area (Å²) < 4.78 is 34.9. The molecule has 3 aromatic rings. The number of carbonyl (C=O) groups excluding carboxylic acids is 1. The van der Waals surface area contributed by atoms with Crippen molar-refractivity contribution in [2.24, 2.45) is 0 Å². The number of nitrogens with zero attached hydrogens (tertiary/aromatic N) is 5. The maximum absolute atomic E-state index is 14.6. The molecule has 0 radical (unpaired) electrons. The molecule has 1 unspecified atom stereocenters. The van der Waals surface area contributed by atoms with E-state index in [0.29, 0.717) is 23.3 Å². The van der Waals surface area contributed by atoms with Crippen molar-refractivity contribution in [3.63, 3.8) is 0 Å². The van der Waals surface area contributed by atoms with Crippen LogP contribution in [0.2, 0.25) is 0 Å². The van der Waals surface area contributed by atoms with E-state index in [9.17, 15) is 18.8 Å². The second-order valence-corrected chi connectivity index (χ2v) is 9.82. The Kier molecular flexibility index (Phi) is 7.65. The zero-order valence-corrected chi connectivity index (χ0v) is 21.5. The van der Waals surface area contributed by atoms with E-state index in [1.807, 2.05) is 18.2 Å². The van der Waals surface area contributed by atoms with Crippen LogP contribution in [0.5, 0.6) is 5.75 Å². The molecule has 1 aromatic heterocycles. The Balaban J connectivity index is 1.29. The number of carbonyl (C=O) groups is 1. The first-order chi connectivity index (χ1) is 18.8. The molecule has 2 aliphatic heterocycles. The molecule has 39 heavy (non-hydrogen) atoms. The molecular weight excluding hydrogens is 504 g/mol. The highest BCUT2D eigenvalue weighted by Crippen LogP contribution is 2.34. The summed E-state index contributed by atoms with van der Waals surface area (Å²) in [6.07, 6.45) is 2.13. The maximum atomic E-state index is 14.6. The molecule has 11 heteroatoms. The third-order valence-electron chi connectivity index (χ3n) is 7.16. The number of aromatic nitrogens is 3. The third-order valence-corrected chi connectivity index (χ3v) is 7.16. The molecule has 5 rings (SSSR count). The predicted octanol–water partition coefficient (Wildman–Crippen LogP) is 4.26. The van der Waals surface area contributed by atoms with E-state index in [1.165, 1.54) is 30.9 Å². The van der Waals surface area contributed by atoms with Crippen LogP contribution in [0.3, 0.4) is 0 Å². The number of rotatable bonds is 6. The average Bonchev–Trinajstić information content (AvgIpc) is 2.95. The molecule has 0 saturated carbocycles. The molecule has 2 aliphatic rings. The van der Waals surface area contributed by atoms with Crippen molar-refractivity contribution in [1.29, 1.82) is 5.26 Å². The van der Waals surface area contributed by atoms with Crippen molar-refractivity contribution in [1.82, 2.24) is 25.2 Å². The lowest BCUT2D eigenvalue weighted by Gasteiger charge is -2.37. The van der Waals surface area contributed by atoms with Crippen molar-refractivity contribution >= 4 is 17.5 Å². The Morgan fingerprint density at radius 2 is 1.92 bits per heavy atom. The number of amides is 1. The van der Waals surface area contributed by atoms with Gasteiger partial charge in [-0.15, -0.1) is 0 Å². The molecule has 9 nitrogen and oxygen atoms in total. The number of nitriles is 1. The number of likely N-dealkylation sites (tertiary alicyclic amines) is 1. The molecule has 0 aliphatic carbocycles. The normalized spacial score (nSPS) is 19.2. The van der Waals surface area contributed by atoms with E-state index < -0.39 is 24.5 Å². The van der Waals surface area contributed by atoms with Crippen molar-refractivity contribution in [3.05, 3.63) is 59.9 Å². The molecule has 2 saturated heterocycles. The third kappa shape index (κ3) is 6.12. The van der Waals surface area contributed by atoms with Gasteiger partial charge >= 0.3 is 5.92 Å². The van der Waals surface area contributed by atoms with Gasteiger partial charge in [-0.3, -0.25) is 4.79 Å². The smallest absolute Gasteiger partial charge is 0.301 e. The zero-order chi connectivity index (χ0) is 27.4. The van der Waals surface area contributed by atoms with Gasteiger partial charge in [0, 0.05) is 31.1 Å². The summed E-state index contributed by atoms with van der Waals surface area (Å²) >= 11 is 0. The zero-order valence-electron chi connectivity index (χ0n) is 21.5. The van der Waals surface area contributed by atoms with E-state index in [-0.39, 0.29) is 24.3 Å². The van der Waals surface area contributed by atoms with Gasteiger partial charge in [-0.2, -0.15) is 10.2 Å². The predicted molar refractivity (Wildman–Crippen MR) is 141 cm³/mol. The van der Waals surface area contributed by atoms with Crippen LogP contribution < -0.4 is 15.4 Å². The van der Waals surface area contributed by atoms with Gasteiger partial charge in [0.15, 0.2) is 11.9 Å². The van der Waals surface area contributed by atoms with E-state index >= 15 is 0 Å². The molecule has 0 bridgehead atoms. The molecule has 1 atom stereocenters. The van der Waals surface area contributed by atoms with Crippen LogP contribution in [0.1, 0.15) is 43.2 Å². The first kappa shape index (κ1) is 26.4. The van der Waals surface area contributed by atoms with Crippen LogP contribution >= 0.6 is 0 Å². The lowest BCUT2D eigenvalue weighted by molar-refractivity contribution is -0.158. The number of nitrogens with one attached hydrogen (secondary N) is 2. The number of hydrogen-bond acceptors (Lipinski definition) is 8. The van der Waals surface area contributed by atoms with Crippen LogP contribution in [0.25, 0.3) is 11.4 Å². The molecule has 1 amide bonds. The van der Waals surface area contributed by atoms with Gasteiger partial charge in [0.1, 0.15) is 18.1 Å². The second kappa shape index (κ2) is 11.3. The Morgan fingerprint density at radius 3 is 2.62 bits per heavy atom. The fourth-order valence-corrected chi connectivity index (χ4v) is 4.96. The minimum atomic E-state index is -3.24. The standard InChI is InChI=1S/C28H29F2N7O2/c1-18(38)37-13-10-25(28(29,30)16-37)39-24-7-4-21(14-22(24)15-31)26-33-17-34-27(36-26)35-23-5-2-19(3-6-23)20-8-11-32-12-9-20/h2-7,14,17,20,25,32H,8-13,16H2,1H3,(H,33,34,35,36). The highest BCUT2D eigenvalue weighted by Gasteiger charge is 2.47. The second-order valence-electron chi connectivity index (χ2n) is 9.82. The number of anilines is 2. The summed E-state index contributed by atoms with van der Waals surface area (Å²) in [6.45, 7) is 2.78. The van der Waals surface area contributed by atoms with E-state index in [0.717, 1.165) is 36.5 Å². The summed E-state index contributed by atoms with van der Waals surface area (Å²) in [5.74, 6) is -2.38. The van der Waals surface area contributed by atoms with Crippen molar-refractivity contribution in [3.8, 4) is 23.2 Å². The summed E-state index contributed by atoms with van der Waals surface area (Å²) in [5.41, 5.74) is 2.75. The Labute approximate surface area is 225 Å². The number of piperidine rings is 2. The molecule has 202 valence electrons. The van der Waals surface area contributed by atoms with E-state index in [1.54, 1.807) is 6.07 Å². The minimum Gasteiger partial charge on any atom is -0.483 e. The lowest BCUT2D eigenvalue weighted by atomic mass is 9.90. The fourth-order valence-electron chi connectivity index (χ4n) is 4.96. The largest absolute Gasteiger partial charge is 0.483 e. The van der Waals surface area contributed by atoms with Crippen molar-refractivity contribution < 1.29 is 18.3 Å². The Bertz CT molecular complexity index is 1370. The molecule has 0 spiro atoms. The maximum Gasteiger partial charge on any atom is 0.301 e. The average molecular weight is 534 g/mol. The number of hydrogen-bond donors (Lipinski definition) is 2. The van der Waals surface area contributed by atoms with E-state index in [2.05, 4.69) is 37.7 Å². The number of ether oxygens (including phenoxy) is 1. The SMILES string of the molecule is CC(=O)N1CCC(Oc2ccc(-c3ncnc(Nc4ccc(C5CCNCC5)cc4)n3)cc2C#N)C(F)(F)C1. The van der Waals surface area contributed by atoms with Crippen LogP contribution in [-0.4, -0.2) is 64.0 Å². The van der Waals surface area contributed by atoms with E-state index in [4.69, 9.17) is 4.74 Å². The summed E-state index contributed by atoms with van der Waals surface area (Å²) in [4.78, 5) is 25.5. The first-order valence-electron chi connectivity index (χ1n) is 12.9. The van der Waals surface area contributed by atoms with Crippen LogP contribution in [0.4, 0.5) is 20.4 Å². The summed E-state index contributed by atoms with van der Waals surface area (Å²) in [6, 6.07) is 14.8. The van der Waals surface area contributed by atoms with Crippen LogP contribution in [-0.2, 0) is 4.79 Å². The number of benzene rings is 2. The minimum absolute atomic E-state index is 0.0411. The monoisotopic (exact) mass is 533 g/mol. The van der Waals surface area contributed by atoms with Crippen molar-refractivity contribution in [2.75, 3.05) is 31.5 Å². The molecule has 2 aromatic carbocycles. The van der Waals surface area contributed by atoms with Gasteiger partial charge in [0.25, 0.3) is 0 Å². The topological polar surface area (TPSA) is 116 Å². The molecule has 2 fully saturated rings. The van der Waals surface area contributed by atoms with Crippen molar-refractivity contribution in [2.45, 2.75) is 44.1 Å². The van der Waals surface area contributed by atoms with Gasteiger partial charge in [-0.1, -0.05) is 12.1 Å². The lowest BCUT2D eigenvalue weighted by Crippen LogP contribution is -2.54. The van der Waals surface area contributed by atoms with Gasteiger partial charge < -0.3 is 20.3 Å². The molecular formula is C28H29F2N7O2. The fraction of sp³-hybridized carbons (Fsp3) is 0.393. The summed E-state index contributed by atoms with van der Waals surface area (Å²) in [7, 11) is 0. The van der Waals surface area contributed by atoms with Gasteiger partial charge in [0.2, 0.25) is 11.9 Å². The van der Waals surface area contributed by atoms with Crippen LogP contribution in [0.15, 0.2) is 48.8 Å². The van der Waals surface area contributed by atoms with Gasteiger partial charge in [-0.05, 0) is 67.7 Å². The number of alkyl halides is 2. The van der Waals surface area contributed by atoms with Gasteiger partial charge in [0.05, 0.1) is 12.1 Å². The summed E-state index contributed by atoms with van der Waals surface area (Å²) in [5, 5.41) is 16.3. The van der Waals surface area contributed by atoms with Gasteiger partial charge in [-0.25, -0.2) is 18.7 Å². The quantitative estimate of drug-likeness (QED) is 0.483. The highest BCUT2D eigenvalue weighted by molar-refractivity contribution is 5.73. The molecule has 3 heterocycles. The Hall–Kier alpha value is -4.17. The first-order valence-corrected chi connectivity index (χ1v) is 12.9. The highest BCUT2D eigenvalue weighted by atomic mass is 19.3. The number of halogens is 2. The molecule has 2 N–H and O–H groups in total. The Morgan fingerprint density at radius 1 is 1.15 bits per heavy atom.